The zero-order chi connectivity index (χ0) is 18.2. The Labute approximate surface area is 159 Å². The van der Waals surface area contributed by atoms with Crippen LogP contribution in [0.2, 0.25) is 0 Å². The maximum atomic E-state index is 12.3. The minimum absolute atomic E-state index is 0. The summed E-state index contributed by atoms with van der Waals surface area (Å²) in [5, 5.41) is 8.63. The second-order valence-electron chi connectivity index (χ2n) is 6.57. The molecule has 7 nitrogen and oxygen atoms in total. The molecule has 2 atom stereocenters. The molecule has 0 bridgehead atoms. The lowest BCUT2D eigenvalue weighted by atomic mass is 9.85. The SMILES string of the molecule is CC(CC(=O)Nc1cccc(C(=O)NCC(N)=O)c1)C1CCCNC1.Cl. The Kier molecular flexibility index (Phi) is 9.09. The summed E-state index contributed by atoms with van der Waals surface area (Å²) in [4.78, 5) is 34.9. The van der Waals surface area contributed by atoms with Crippen molar-refractivity contribution < 1.29 is 14.4 Å². The predicted octanol–water partition coefficient (Wildman–Crippen LogP) is 1.29. The normalized spacial score (nSPS) is 17.5. The molecule has 5 N–H and O–H groups in total. The average Bonchev–Trinajstić information content (AvgIpc) is 2.60. The fourth-order valence-electron chi connectivity index (χ4n) is 3.04. The number of anilines is 1. The number of carbonyl (C=O) groups is 3. The van der Waals surface area contributed by atoms with Crippen LogP contribution in [0.4, 0.5) is 5.69 Å². The van der Waals surface area contributed by atoms with Gasteiger partial charge in [-0.05, 0) is 56.0 Å². The average molecular weight is 383 g/mol. The Morgan fingerprint density at radius 2 is 2.12 bits per heavy atom. The summed E-state index contributed by atoms with van der Waals surface area (Å²) in [5.41, 5.74) is 5.93. The fourth-order valence-corrected chi connectivity index (χ4v) is 3.04. The number of primary amides is 1. The van der Waals surface area contributed by atoms with Crippen LogP contribution in [0.25, 0.3) is 0 Å². The molecule has 0 aromatic heterocycles. The van der Waals surface area contributed by atoms with Gasteiger partial charge in [0.2, 0.25) is 11.8 Å². The van der Waals surface area contributed by atoms with Crippen LogP contribution in [0.3, 0.4) is 0 Å². The summed E-state index contributed by atoms with van der Waals surface area (Å²) >= 11 is 0. The van der Waals surface area contributed by atoms with Crippen molar-refractivity contribution >= 4 is 35.8 Å². The van der Waals surface area contributed by atoms with Gasteiger partial charge in [0, 0.05) is 17.7 Å². The number of halogens is 1. The van der Waals surface area contributed by atoms with E-state index in [0.29, 0.717) is 29.5 Å². The second-order valence-corrected chi connectivity index (χ2v) is 6.57. The van der Waals surface area contributed by atoms with E-state index in [0.717, 1.165) is 25.9 Å². The van der Waals surface area contributed by atoms with Crippen molar-refractivity contribution in [3.8, 4) is 0 Å². The van der Waals surface area contributed by atoms with E-state index in [4.69, 9.17) is 5.73 Å². The van der Waals surface area contributed by atoms with Crippen LogP contribution in [0.1, 0.15) is 36.5 Å². The molecule has 0 saturated carbocycles. The molecule has 1 fully saturated rings. The minimum atomic E-state index is -0.607. The molecular formula is C18H27ClN4O3. The molecule has 1 heterocycles. The zero-order valence-corrected chi connectivity index (χ0v) is 15.7. The van der Waals surface area contributed by atoms with Crippen LogP contribution in [0, 0.1) is 11.8 Å². The van der Waals surface area contributed by atoms with Gasteiger partial charge >= 0.3 is 0 Å². The largest absolute Gasteiger partial charge is 0.368 e. The highest BCUT2D eigenvalue weighted by Gasteiger charge is 2.22. The number of hydrogen-bond acceptors (Lipinski definition) is 4. The summed E-state index contributed by atoms with van der Waals surface area (Å²) in [6, 6.07) is 6.61. The fraction of sp³-hybridized carbons (Fsp3) is 0.500. The molecule has 144 valence electrons. The van der Waals surface area contributed by atoms with Gasteiger partial charge in [0.25, 0.3) is 5.91 Å². The van der Waals surface area contributed by atoms with Gasteiger partial charge < -0.3 is 21.7 Å². The third kappa shape index (κ3) is 7.01. The first-order chi connectivity index (χ1) is 12.0. The van der Waals surface area contributed by atoms with E-state index in [1.807, 2.05) is 0 Å². The molecule has 26 heavy (non-hydrogen) atoms. The van der Waals surface area contributed by atoms with Crippen LogP contribution in [0.15, 0.2) is 24.3 Å². The van der Waals surface area contributed by atoms with E-state index < -0.39 is 11.8 Å². The summed E-state index contributed by atoms with van der Waals surface area (Å²) in [6.45, 7) is 3.90. The molecule has 1 aliphatic heterocycles. The summed E-state index contributed by atoms with van der Waals surface area (Å²) in [5.74, 6) is -0.256. The van der Waals surface area contributed by atoms with Crippen molar-refractivity contribution in [2.75, 3.05) is 25.0 Å². The third-order valence-corrected chi connectivity index (χ3v) is 4.48. The lowest BCUT2D eigenvalue weighted by Crippen LogP contribution is -2.34. The molecule has 1 saturated heterocycles. The zero-order valence-electron chi connectivity index (χ0n) is 14.9. The number of piperidine rings is 1. The number of nitrogens with one attached hydrogen (secondary N) is 3. The molecule has 8 heteroatoms. The van der Waals surface area contributed by atoms with E-state index in [1.54, 1.807) is 24.3 Å². The molecule has 0 radical (unpaired) electrons. The number of carbonyl (C=O) groups excluding carboxylic acids is 3. The summed E-state index contributed by atoms with van der Waals surface area (Å²) in [7, 11) is 0. The van der Waals surface area contributed by atoms with Crippen molar-refractivity contribution in [2.45, 2.75) is 26.2 Å². The Bertz CT molecular complexity index is 633. The Hall–Kier alpha value is -2.12. The van der Waals surface area contributed by atoms with Crippen molar-refractivity contribution in [2.24, 2.45) is 17.6 Å². The van der Waals surface area contributed by atoms with Crippen molar-refractivity contribution in [1.82, 2.24) is 10.6 Å². The Morgan fingerprint density at radius 3 is 2.77 bits per heavy atom. The van der Waals surface area contributed by atoms with Crippen LogP contribution < -0.4 is 21.7 Å². The van der Waals surface area contributed by atoms with Crippen LogP contribution in [0.5, 0.6) is 0 Å². The lowest BCUT2D eigenvalue weighted by Gasteiger charge is -2.28. The minimum Gasteiger partial charge on any atom is -0.368 e. The first-order valence-electron chi connectivity index (χ1n) is 8.63. The van der Waals surface area contributed by atoms with Gasteiger partial charge in [-0.15, -0.1) is 12.4 Å². The van der Waals surface area contributed by atoms with Crippen molar-refractivity contribution in [3.05, 3.63) is 29.8 Å². The molecule has 2 unspecified atom stereocenters. The predicted molar refractivity (Wildman–Crippen MR) is 103 cm³/mol. The maximum Gasteiger partial charge on any atom is 0.251 e. The van der Waals surface area contributed by atoms with Crippen LogP contribution >= 0.6 is 12.4 Å². The van der Waals surface area contributed by atoms with E-state index in [2.05, 4.69) is 22.9 Å². The standard InChI is InChI=1S/C18H26N4O3.ClH/c1-12(14-5-3-7-20-10-14)8-17(24)22-15-6-2-4-13(9-15)18(25)21-11-16(19)23;/h2,4,6,9,12,14,20H,3,5,7-8,10-11H2,1H3,(H2,19,23)(H,21,25)(H,22,24);1H. The third-order valence-electron chi connectivity index (χ3n) is 4.48. The Morgan fingerprint density at radius 1 is 1.35 bits per heavy atom. The molecule has 0 spiro atoms. The van der Waals surface area contributed by atoms with E-state index in [9.17, 15) is 14.4 Å². The van der Waals surface area contributed by atoms with Crippen LogP contribution in [-0.4, -0.2) is 37.4 Å². The Balaban J connectivity index is 0.00000338. The number of hydrogen-bond donors (Lipinski definition) is 4. The highest BCUT2D eigenvalue weighted by molar-refractivity contribution is 5.98. The maximum absolute atomic E-state index is 12.3. The highest BCUT2D eigenvalue weighted by Crippen LogP contribution is 2.23. The van der Waals surface area contributed by atoms with Gasteiger partial charge in [-0.25, -0.2) is 0 Å². The molecule has 1 aliphatic rings. The van der Waals surface area contributed by atoms with Gasteiger partial charge in [0.05, 0.1) is 6.54 Å². The number of rotatable bonds is 7. The van der Waals surface area contributed by atoms with E-state index >= 15 is 0 Å². The lowest BCUT2D eigenvalue weighted by molar-refractivity contribution is -0.118. The van der Waals surface area contributed by atoms with Crippen molar-refractivity contribution in [1.29, 1.82) is 0 Å². The van der Waals surface area contributed by atoms with E-state index in [-0.39, 0.29) is 24.9 Å². The number of nitrogens with two attached hydrogens (primary N) is 1. The summed E-state index contributed by atoms with van der Waals surface area (Å²) in [6.07, 6.45) is 2.75. The number of benzene rings is 1. The molecule has 3 amide bonds. The first kappa shape index (κ1) is 21.9. The second kappa shape index (κ2) is 10.8. The number of amides is 3. The highest BCUT2D eigenvalue weighted by atomic mass is 35.5. The topological polar surface area (TPSA) is 113 Å². The molecule has 2 rings (SSSR count). The first-order valence-corrected chi connectivity index (χ1v) is 8.63. The van der Waals surface area contributed by atoms with E-state index in [1.165, 1.54) is 0 Å². The summed E-state index contributed by atoms with van der Waals surface area (Å²) < 4.78 is 0. The molecular weight excluding hydrogens is 356 g/mol. The van der Waals surface area contributed by atoms with Gasteiger partial charge in [-0.2, -0.15) is 0 Å². The molecule has 0 aliphatic carbocycles. The van der Waals surface area contributed by atoms with Gasteiger partial charge in [-0.3, -0.25) is 14.4 Å². The van der Waals surface area contributed by atoms with Crippen LogP contribution in [-0.2, 0) is 9.59 Å². The van der Waals surface area contributed by atoms with Crippen molar-refractivity contribution in [3.63, 3.8) is 0 Å². The molecule has 1 aromatic rings. The molecule has 1 aromatic carbocycles. The monoisotopic (exact) mass is 382 g/mol. The quantitative estimate of drug-likeness (QED) is 0.569. The van der Waals surface area contributed by atoms with Gasteiger partial charge in [0.1, 0.15) is 0 Å². The van der Waals surface area contributed by atoms with Gasteiger partial charge in [-0.1, -0.05) is 13.0 Å². The van der Waals surface area contributed by atoms with Gasteiger partial charge in [0.15, 0.2) is 0 Å². The smallest absolute Gasteiger partial charge is 0.251 e.